The van der Waals surface area contributed by atoms with E-state index in [2.05, 4.69) is 5.32 Å². The van der Waals surface area contributed by atoms with Crippen LogP contribution in [0.5, 0.6) is 11.5 Å². The molecule has 3 N–H and O–H groups in total. The smallest absolute Gasteiger partial charge is 0.318 e. The molecule has 1 heterocycles. The van der Waals surface area contributed by atoms with Crippen molar-refractivity contribution in [3.8, 4) is 11.5 Å². The molecule has 2 rings (SSSR count). The van der Waals surface area contributed by atoms with Crippen LogP contribution in [0, 0.1) is 0 Å². The van der Waals surface area contributed by atoms with Crippen LogP contribution in [0.3, 0.4) is 0 Å². The maximum Gasteiger partial charge on any atom is 0.318 e. The van der Waals surface area contributed by atoms with E-state index in [-0.39, 0.29) is 12.1 Å². The molecule has 0 spiro atoms. The number of nitrogens with two attached hydrogens (primary N) is 1. The number of carbonyl (C=O) groups excluding carboxylic acids is 1. The average molecular weight is 265 g/mol. The highest BCUT2D eigenvalue weighted by Crippen LogP contribution is 2.31. The average Bonchev–Trinajstić information content (AvgIpc) is 2.80. The molecular weight excluding hydrogens is 246 g/mol. The number of rotatable bonds is 5. The first-order valence-corrected chi connectivity index (χ1v) is 6.17. The number of amides is 2. The Balaban J connectivity index is 2.24. The molecule has 19 heavy (non-hydrogen) atoms. The van der Waals surface area contributed by atoms with Gasteiger partial charge in [0.15, 0.2) is 0 Å². The molecule has 1 aliphatic heterocycles. The van der Waals surface area contributed by atoms with E-state index in [4.69, 9.17) is 15.2 Å². The number of benzene rings is 1. The molecule has 0 radical (unpaired) electrons. The lowest BCUT2D eigenvalue weighted by Gasteiger charge is -2.16. The Morgan fingerprint density at radius 2 is 2.21 bits per heavy atom. The summed E-state index contributed by atoms with van der Waals surface area (Å²) in [5, 5.41) is 2.93. The Morgan fingerprint density at radius 3 is 2.84 bits per heavy atom. The van der Waals surface area contributed by atoms with E-state index < -0.39 is 0 Å². The number of nitrogens with one attached hydrogen (secondary N) is 1. The number of hydrogen-bond acceptors (Lipinski definition) is 4. The first-order valence-electron chi connectivity index (χ1n) is 6.17. The highest BCUT2D eigenvalue weighted by Gasteiger charge is 2.31. The summed E-state index contributed by atoms with van der Waals surface area (Å²) in [6, 6.07) is 5.35. The monoisotopic (exact) mass is 265 g/mol. The summed E-state index contributed by atoms with van der Waals surface area (Å²) in [7, 11) is 3.22. The van der Waals surface area contributed by atoms with E-state index in [0.717, 1.165) is 17.1 Å². The van der Waals surface area contributed by atoms with Crippen molar-refractivity contribution in [1.82, 2.24) is 10.2 Å². The first-order chi connectivity index (χ1) is 9.19. The van der Waals surface area contributed by atoms with Crippen LogP contribution < -0.4 is 20.5 Å². The predicted molar refractivity (Wildman–Crippen MR) is 71.4 cm³/mol. The van der Waals surface area contributed by atoms with Crippen molar-refractivity contribution >= 4 is 6.03 Å². The summed E-state index contributed by atoms with van der Waals surface area (Å²) >= 11 is 0. The third kappa shape index (κ3) is 2.73. The molecule has 6 heteroatoms. The van der Waals surface area contributed by atoms with Gasteiger partial charge in [-0.2, -0.15) is 0 Å². The van der Waals surface area contributed by atoms with Gasteiger partial charge in [-0.25, -0.2) is 4.79 Å². The van der Waals surface area contributed by atoms with Crippen molar-refractivity contribution in [1.29, 1.82) is 0 Å². The molecule has 6 nitrogen and oxygen atoms in total. The molecule has 0 aromatic heterocycles. The molecule has 1 atom stereocenters. The quantitative estimate of drug-likeness (QED) is 0.823. The van der Waals surface area contributed by atoms with Crippen molar-refractivity contribution < 1.29 is 14.3 Å². The first kappa shape index (κ1) is 13.5. The molecule has 104 valence electrons. The third-order valence-electron chi connectivity index (χ3n) is 3.20. The van der Waals surface area contributed by atoms with Crippen LogP contribution in [-0.2, 0) is 0 Å². The fraction of sp³-hybridized carbons (Fsp3) is 0.462. The van der Waals surface area contributed by atoms with Crippen molar-refractivity contribution in [2.75, 3.05) is 33.9 Å². The predicted octanol–water partition coefficient (Wildman–Crippen LogP) is 0.729. The number of carbonyl (C=O) groups is 1. The van der Waals surface area contributed by atoms with E-state index >= 15 is 0 Å². The van der Waals surface area contributed by atoms with E-state index in [1.807, 2.05) is 18.2 Å². The lowest BCUT2D eigenvalue weighted by molar-refractivity contribution is 0.218. The molecule has 1 aliphatic rings. The van der Waals surface area contributed by atoms with Crippen LogP contribution in [0.25, 0.3) is 0 Å². The standard InChI is InChI=1S/C13H19N3O3/c1-18-9-3-4-12(19-2)10(7-9)11-8-16(6-5-14)13(17)15-11/h3-4,7,11H,5-6,8,14H2,1-2H3,(H,15,17). The molecule has 0 bridgehead atoms. The van der Waals surface area contributed by atoms with Gasteiger partial charge in [-0.1, -0.05) is 0 Å². The summed E-state index contributed by atoms with van der Waals surface area (Å²) in [4.78, 5) is 13.5. The number of ether oxygens (including phenoxy) is 2. The molecule has 0 saturated carbocycles. The largest absolute Gasteiger partial charge is 0.497 e. The molecule has 1 unspecified atom stereocenters. The van der Waals surface area contributed by atoms with Gasteiger partial charge in [0.25, 0.3) is 0 Å². The van der Waals surface area contributed by atoms with Crippen LogP contribution in [0.1, 0.15) is 11.6 Å². The van der Waals surface area contributed by atoms with Crippen molar-refractivity contribution in [3.63, 3.8) is 0 Å². The molecule has 1 saturated heterocycles. The highest BCUT2D eigenvalue weighted by molar-refractivity contribution is 5.77. The minimum Gasteiger partial charge on any atom is -0.497 e. The Bertz CT molecular complexity index is 464. The lowest BCUT2D eigenvalue weighted by atomic mass is 10.1. The Morgan fingerprint density at radius 1 is 1.42 bits per heavy atom. The lowest BCUT2D eigenvalue weighted by Crippen LogP contribution is -2.32. The van der Waals surface area contributed by atoms with Crippen LogP contribution in [0.15, 0.2) is 18.2 Å². The molecule has 1 aromatic carbocycles. The zero-order chi connectivity index (χ0) is 13.8. The van der Waals surface area contributed by atoms with Gasteiger partial charge in [0, 0.05) is 25.2 Å². The Labute approximate surface area is 112 Å². The SMILES string of the molecule is COc1ccc(OC)c(C2CN(CCN)C(=O)N2)c1. The topological polar surface area (TPSA) is 76.8 Å². The van der Waals surface area contributed by atoms with Crippen LogP contribution in [0.4, 0.5) is 4.79 Å². The van der Waals surface area contributed by atoms with Gasteiger partial charge in [-0.3, -0.25) is 0 Å². The second kappa shape index (κ2) is 5.79. The van der Waals surface area contributed by atoms with E-state index in [9.17, 15) is 4.79 Å². The summed E-state index contributed by atoms with van der Waals surface area (Å²) in [5.41, 5.74) is 6.40. The molecule has 1 aromatic rings. The zero-order valence-corrected chi connectivity index (χ0v) is 11.2. The fourth-order valence-electron chi connectivity index (χ4n) is 2.23. The summed E-state index contributed by atoms with van der Waals surface area (Å²) in [5.74, 6) is 1.48. The second-order valence-corrected chi connectivity index (χ2v) is 4.34. The number of methoxy groups -OCH3 is 2. The molecule has 2 amide bonds. The van der Waals surface area contributed by atoms with Gasteiger partial charge in [-0.05, 0) is 18.2 Å². The summed E-state index contributed by atoms with van der Waals surface area (Å²) < 4.78 is 10.6. The van der Waals surface area contributed by atoms with E-state index in [1.54, 1.807) is 19.1 Å². The fourth-order valence-corrected chi connectivity index (χ4v) is 2.23. The molecular formula is C13H19N3O3. The van der Waals surface area contributed by atoms with Gasteiger partial charge in [-0.15, -0.1) is 0 Å². The summed E-state index contributed by atoms with van der Waals surface area (Å²) in [6.07, 6.45) is 0. The maximum absolute atomic E-state index is 11.8. The van der Waals surface area contributed by atoms with E-state index in [0.29, 0.717) is 19.6 Å². The van der Waals surface area contributed by atoms with Crippen molar-refractivity contribution in [2.24, 2.45) is 5.73 Å². The van der Waals surface area contributed by atoms with Gasteiger partial charge in [0.1, 0.15) is 11.5 Å². The van der Waals surface area contributed by atoms with Gasteiger partial charge in [0.05, 0.1) is 20.3 Å². The third-order valence-corrected chi connectivity index (χ3v) is 3.20. The highest BCUT2D eigenvalue weighted by atomic mass is 16.5. The molecule has 1 fully saturated rings. The Kier molecular flexibility index (Phi) is 4.11. The zero-order valence-electron chi connectivity index (χ0n) is 11.2. The van der Waals surface area contributed by atoms with Crippen LogP contribution in [0.2, 0.25) is 0 Å². The molecule has 0 aliphatic carbocycles. The summed E-state index contributed by atoms with van der Waals surface area (Å²) in [6.45, 7) is 1.59. The van der Waals surface area contributed by atoms with Crippen molar-refractivity contribution in [2.45, 2.75) is 6.04 Å². The van der Waals surface area contributed by atoms with Crippen LogP contribution >= 0.6 is 0 Å². The van der Waals surface area contributed by atoms with Gasteiger partial charge >= 0.3 is 6.03 Å². The van der Waals surface area contributed by atoms with Crippen LogP contribution in [-0.4, -0.2) is 44.8 Å². The number of urea groups is 1. The minimum atomic E-state index is -0.107. The Hall–Kier alpha value is -1.95. The van der Waals surface area contributed by atoms with Gasteiger partial charge in [0.2, 0.25) is 0 Å². The van der Waals surface area contributed by atoms with Gasteiger partial charge < -0.3 is 25.4 Å². The normalized spacial score (nSPS) is 18.4. The van der Waals surface area contributed by atoms with Crippen molar-refractivity contribution in [3.05, 3.63) is 23.8 Å². The second-order valence-electron chi connectivity index (χ2n) is 4.34. The van der Waals surface area contributed by atoms with E-state index in [1.165, 1.54) is 0 Å². The number of hydrogen-bond donors (Lipinski definition) is 2. The minimum absolute atomic E-state index is 0.0969. The number of nitrogens with zero attached hydrogens (tertiary/aromatic N) is 1. The maximum atomic E-state index is 11.8.